The van der Waals surface area contributed by atoms with Gasteiger partial charge in [0.2, 0.25) is 0 Å². The molecule has 0 amide bonds. The molecule has 0 radical (unpaired) electrons. The summed E-state index contributed by atoms with van der Waals surface area (Å²) in [6, 6.07) is 0. The Labute approximate surface area is 74.1 Å². The molecule has 2 rings (SSSR count). The third-order valence-electron chi connectivity index (χ3n) is 3.72. The normalized spacial score (nSPS) is 35.2. The van der Waals surface area contributed by atoms with Gasteiger partial charge in [0, 0.05) is 5.25 Å². The summed E-state index contributed by atoms with van der Waals surface area (Å²) in [4.78, 5) is 0. The van der Waals surface area contributed by atoms with E-state index in [1.54, 1.807) is 19.3 Å². The van der Waals surface area contributed by atoms with Gasteiger partial charge in [0.1, 0.15) is 0 Å². The predicted molar refractivity (Wildman–Crippen MR) is 52.1 cm³/mol. The van der Waals surface area contributed by atoms with Crippen molar-refractivity contribution < 1.29 is 0 Å². The largest absolute Gasteiger partial charge is 0.161 e. The van der Waals surface area contributed by atoms with Crippen LogP contribution < -0.4 is 0 Å². The Balaban J connectivity index is 1.97. The predicted octanol–water partition coefficient (Wildman–Crippen LogP) is 3.46. The lowest BCUT2D eigenvalue weighted by Gasteiger charge is -2.51. The maximum Gasteiger partial charge on any atom is 0.0101 e. The minimum absolute atomic E-state index is 0.831. The Hall–Kier alpha value is 0.350. The Bertz CT molecular complexity index is 134. The first-order chi connectivity index (χ1) is 5.37. The molecule has 0 aromatic heterocycles. The molecule has 2 fully saturated rings. The Morgan fingerprint density at radius 2 is 1.82 bits per heavy atom. The Kier molecular flexibility index (Phi) is 2.18. The summed E-state index contributed by atoms with van der Waals surface area (Å²) in [5, 5.41) is 1.03. The van der Waals surface area contributed by atoms with Crippen LogP contribution in [0.4, 0.5) is 0 Å². The monoisotopic (exact) mass is 170 g/mol. The molecule has 1 unspecified atom stereocenters. The van der Waals surface area contributed by atoms with Crippen LogP contribution >= 0.6 is 11.8 Å². The molecule has 2 aliphatic rings. The van der Waals surface area contributed by atoms with E-state index in [1.807, 2.05) is 0 Å². The van der Waals surface area contributed by atoms with Gasteiger partial charge in [-0.15, -0.1) is 0 Å². The highest BCUT2D eigenvalue weighted by atomic mass is 32.2. The lowest BCUT2D eigenvalue weighted by Crippen LogP contribution is -2.43. The third kappa shape index (κ3) is 1.22. The van der Waals surface area contributed by atoms with Gasteiger partial charge < -0.3 is 0 Å². The highest BCUT2D eigenvalue weighted by molar-refractivity contribution is 7.99. The highest BCUT2D eigenvalue weighted by Crippen LogP contribution is 2.55. The first kappa shape index (κ1) is 7.97. The van der Waals surface area contributed by atoms with Crippen molar-refractivity contribution in [1.29, 1.82) is 0 Å². The maximum atomic E-state index is 2.29. The van der Waals surface area contributed by atoms with Crippen LogP contribution in [0.3, 0.4) is 0 Å². The highest BCUT2D eigenvalue weighted by Gasteiger charge is 2.46. The maximum absolute atomic E-state index is 2.29. The van der Waals surface area contributed by atoms with Gasteiger partial charge in [-0.25, -0.2) is 0 Å². The standard InChI is InChI=1S/C10H18S/c1-11-9-5-8-10(9)6-3-2-4-7-10/h9H,2-8H2,1H3. The van der Waals surface area contributed by atoms with Gasteiger partial charge in [-0.1, -0.05) is 19.3 Å². The molecule has 0 bridgehead atoms. The topological polar surface area (TPSA) is 0 Å². The number of thioether (sulfide) groups is 1. The van der Waals surface area contributed by atoms with Gasteiger partial charge in [0.15, 0.2) is 0 Å². The lowest BCUT2D eigenvalue weighted by atomic mass is 9.60. The van der Waals surface area contributed by atoms with Crippen molar-refractivity contribution in [3.8, 4) is 0 Å². The van der Waals surface area contributed by atoms with Crippen LogP contribution in [0, 0.1) is 5.41 Å². The van der Waals surface area contributed by atoms with Crippen molar-refractivity contribution in [1.82, 2.24) is 0 Å². The summed E-state index contributed by atoms with van der Waals surface area (Å²) in [7, 11) is 0. The van der Waals surface area contributed by atoms with Gasteiger partial charge in [-0.3, -0.25) is 0 Å². The second-order valence-corrected chi connectivity index (χ2v) is 5.23. The van der Waals surface area contributed by atoms with E-state index >= 15 is 0 Å². The molecular formula is C10H18S. The van der Waals surface area contributed by atoms with E-state index in [-0.39, 0.29) is 0 Å². The fourth-order valence-corrected chi connectivity index (χ4v) is 4.07. The average molecular weight is 170 g/mol. The first-order valence-corrected chi connectivity index (χ1v) is 6.19. The minimum Gasteiger partial charge on any atom is -0.161 e. The van der Waals surface area contributed by atoms with Crippen LogP contribution in [-0.2, 0) is 0 Å². The van der Waals surface area contributed by atoms with Crippen LogP contribution in [0.2, 0.25) is 0 Å². The molecule has 0 aromatic carbocycles. The molecule has 2 saturated carbocycles. The van der Waals surface area contributed by atoms with E-state index in [0.717, 1.165) is 10.7 Å². The molecule has 0 heterocycles. The van der Waals surface area contributed by atoms with Crippen LogP contribution in [0.1, 0.15) is 44.9 Å². The van der Waals surface area contributed by atoms with E-state index < -0.39 is 0 Å². The fraction of sp³-hybridized carbons (Fsp3) is 1.00. The van der Waals surface area contributed by atoms with E-state index in [1.165, 1.54) is 25.7 Å². The van der Waals surface area contributed by atoms with E-state index in [4.69, 9.17) is 0 Å². The number of hydrogen-bond acceptors (Lipinski definition) is 1. The summed E-state index contributed by atoms with van der Waals surface area (Å²) in [5.41, 5.74) is 0.831. The molecule has 1 atom stereocenters. The molecule has 0 nitrogen and oxygen atoms in total. The zero-order chi connectivity index (χ0) is 7.73. The van der Waals surface area contributed by atoms with Crippen molar-refractivity contribution in [2.24, 2.45) is 5.41 Å². The van der Waals surface area contributed by atoms with E-state index in [0.29, 0.717) is 0 Å². The van der Waals surface area contributed by atoms with Gasteiger partial charge in [0.05, 0.1) is 0 Å². The third-order valence-corrected chi connectivity index (χ3v) is 5.03. The second kappa shape index (κ2) is 3.01. The molecule has 64 valence electrons. The van der Waals surface area contributed by atoms with Gasteiger partial charge >= 0.3 is 0 Å². The minimum atomic E-state index is 0.831. The van der Waals surface area contributed by atoms with Crippen molar-refractivity contribution in [3.05, 3.63) is 0 Å². The van der Waals surface area contributed by atoms with Crippen molar-refractivity contribution in [2.45, 2.75) is 50.2 Å². The molecular weight excluding hydrogens is 152 g/mol. The first-order valence-electron chi connectivity index (χ1n) is 4.90. The summed E-state index contributed by atoms with van der Waals surface area (Å²) in [6.07, 6.45) is 12.9. The number of hydrogen-bond donors (Lipinski definition) is 0. The molecule has 0 saturated heterocycles. The second-order valence-electron chi connectivity index (χ2n) is 4.19. The average Bonchev–Trinajstić information content (AvgIpc) is 2.05. The smallest absolute Gasteiger partial charge is 0.0101 e. The lowest BCUT2D eigenvalue weighted by molar-refractivity contribution is 0.0886. The molecule has 0 N–H and O–H groups in total. The fourth-order valence-electron chi connectivity index (χ4n) is 2.87. The summed E-state index contributed by atoms with van der Waals surface area (Å²) < 4.78 is 0. The summed E-state index contributed by atoms with van der Waals surface area (Å²) >= 11 is 2.12. The molecule has 0 aliphatic heterocycles. The van der Waals surface area contributed by atoms with Crippen molar-refractivity contribution in [3.63, 3.8) is 0 Å². The molecule has 0 aromatic rings. The summed E-state index contributed by atoms with van der Waals surface area (Å²) in [6.45, 7) is 0. The van der Waals surface area contributed by atoms with Gasteiger partial charge in [-0.05, 0) is 37.4 Å². The number of rotatable bonds is 1. The zero-order valence-corrected chi connectivity index (χ0v) is 8.25. The van der Waals surface area contributed by atoms with Crippen LogP contribution in [-0.4, -0.2) is 11.5 Å². The molecule has 1 spiro atoms. The van der Waals surface area contributed by atoms with Crippen molar-refractivity contribution in [2.75, 3.05) is 6.26 Å². The van der Waals surface area contributed by atoms with Crippen LogP contribution in [0.25, 0.3) is 0 Å². The molecule has 2 aliphatic carbocycles. The van der Waals surface area contributed by atoms with Crippen molar-refractivity contribution >= 4 is 11.8 Å². The van der Waals surface area contributed by atoms with Gasteiger partial charge in [0.25, 0.3) is 0 Å². The van der Waals surface area contributed by atoms with Gasteiger partial charge in [-0.2, -0.15) is 11.8 Å². The Morgan fingerprint density at radius 1 is 1.09 bits per heavy atom. The summed E-state index contributed by atoms with van der Waals surface area (Å²) in [5.74, 6) is 0. The molecule has 11 heavy (non-hydrogen) atoms. The van der Waals surface area contributed by atoms with Crippen LogP contribution in [0.15, 0.2) is 0 Å². The van der Waals surface area contributed by atoms with Crippen LogP contribution in [0.5, 0.6) is 0 Å². The quantitative estimate of drug-likeness (QED) is 0.580. The van der Waals surface area contributed by atoms with E-state index in [9.17, 15) is 0 Å². The SMILES string of the molecule is CSC1CCC12CCCCC2. The zero-order valence-electron chi connectivity index (χ0n) is 7.44. The molecule has 1 heteroatoms. The Morgan fingerprint density at radius 3 is 2.27 bits per heavy atom. The van der Waals surface area contributed by atoms with E-state index in [2.05, 4.69) is 18.0 Å².